The molecule has 1 aliphatic rings. The minimum Gasteiger partial charge on any atom is -0.372 e. The standard InChI is InChI=1S/C33H46N6/c1-6-8-10-20-35-33-31(32(34-5)36-25-37-33)19-16-28-14-17-30(18-15-28)38-27(4)26(3)23-29(13-7-2)24-39-21-11-9-12-22-39/h7,13-19,23,25,38H,2,4,6,8-12,20-22,24H2,1,3,5H3,(H2,34,35,36,37)/b19-16+,26-23+,29-13+. The summed E-state index contributed by atoms with van der Waals surface area (Å²) in [6.07, 6.45) is 19.4. The van der Waals surface area contributed by atoms with Crippen molar-refractivity contribution in [3.8, 4) is 0 Å². The van der Waals surface area contributed by atoms with Crippen molar-refractivity contribution in [1.29, 1.82) is 0 Å². The number of hydrogen-bond donors (Lipinski definition) is 3. The fourth-order valence-corrected chi connectivity index (χ4v) is 4.64. The third-order valence-corrected chi connectivity index (χ3v) is 6.91. The van der Waals surface area contributed by atoms with Gasteiger partial charge in [0.25, 0.3) is 0 Å². The highest BCUT2D eigenvalue weighted by atomic mass is 15.1. The van der Waals surface area contributed by atoms with Gasteiger partial charge in [-0.15, -0.1) is 0 Å². The smallest absolute Gasteiger partial charge is 0.138 e. The summed E-state index contributed by atoms with van der Waals surface area (Å²) >= 11 is 0. The van der Waals surface area contributed by atoms with Crippen molar-refractivity contribution >= 4 is 29.5 Å². The van der Waals surface area contributed by atoms with Crippen LogP contribution in [0.25, 0.3) is 12.2 Å². The van der Waals surface area contributed by atoms with E-state index in [4.69, 9.17) is 0 Å². The van der Waals surface area contributed by atoms with Crippen LogP contribution in [0.15, 0.2) is 78.8 Å². The Balaban J connectivity index is 1.63. The Kier molecular flexibility index (Phi) is 12.5. The maximum Gasteiger partial charge on any atom is 0.138 e. The van der Waals surface area contributed by atoms with Crippen LogP contribution in [0.4, 0.5) is 17.3 Å². The Hall–Kier alpha value is -3.64. The SMILES string of the molecule is C=C/C=C(\C=C(/C)C(=C)Nc1ccc(/C=C/c2c(NC)ncnc2NCCCCC)cc1)CN1CCCCC1. The van der Waals surface area contributed by atoms with E-state index in [2.05, 4.69) is 106 Å². The first-order valence-corrected chi connectivity index (χ1v) is 14.3. The van der Waals surface area contributed by atoms with E-state index in [9.17, 15) is 0 Å². The molecule has 2 aromatic rings. The third kappa shape index (κ3) is 9.88. The molecule has 0 amide bonds. The lowest BCUT2D eigenvalue weighted by Gasteiger charge is -2.27. The van der Waals surface area contributed by atoms with Gasteiger partial charge in [0.2, 0.25) is 0 Å². The Bertz CT molecular complexity index is 1150. The highest BCUT2D eigenvalue weighted by Gasteiger charge is 2.11. The maximum atomic E-state index is 4.47. The first-order valence-electron chi connectivity index (χ1n) is 14.3. The second kappa shape index (κ2) is 16.4. The number of anilines is 3. The molecule has 1 saturated heterocycles. The quantitative estimate of drug-likeness (QED) is 0.163. The van der Waals surface area contributed by atoms with Crippen molar-refractivity contribution in [3.05, 3.63) is 89.9 Å². The lowest BCUT2D eigenvalue weighted by Crippen LogP contribution is -2.31. The summed E-state index contributed by atoms with van der Waals surface area (Å²) < 4.78 is 0. The molecule has 0 bridgehead atoms. The molecule has 0 radical (unpaired) electrons. The largest absolute Gasteiger partial charge is 0.372 e. The Morgan fingerprint density at radius 3 is 2.46 bits per heavy atom. The van der Waals surface area contributed by atoms with Crippen molar-refractivity contribution in [3.63, 3.8) is 0 Å². The van der Waals surface area contributed by atoms with E-state index in [0.717, 1.165) is 59.2 Å². The van der Waals surface area contributed by atoms with Crippen LogP contribution in [0.2, 0.25) is 0 Å². The number of likely N-dealkylation sites (tertiary alicyclic amines) is 1. The molecule has 1 aromatic carbocycles. The van der Waals surface area contributed by atoms with Crippen LogP contribution in [0, 0.1) is 0 Å². The maximum absolute atomic E-state index is 4.47. The van der Waals surface area contributed by atoms with Crippen molar-refractivity contribution in [1.82, 2.24) is 14.9 Å². The predicted octanol–water partition coefficient (Wildman–Crippen LogP) is 7.76. The molecule has 0 spiro atoms. The molecule has 6 nitrogen and oxygen atoms in total. The summed E-state index contributed by atoms with van der Waals surface area (Å²) in [6.45, 7) is 16.7. The number of unbranched alkanes of at least 4 members (excludes halogenated alkanes) is 2. The van der Waals surface area contributed by atoms with Crippen molar-refractivity contribution in [2.75, 3.05) is 49.2 Å². The van der Waals surface area contributed by atoms with E-state index in [1.165, 1.54) is 50.8 Å². The van der Waals surface area contributed by atoms with E-state index >= 15 is 0 Å². The van der Waals surface area contributed by atoms with E-state index in [0.29, 0.717) is 0 Å². The molecule has 0 atom stereocenters. The molecule has 1 aromatic heterocycles. The Morgan fingerprint density at radius 1 is 1.03 bits per heavy atom. The summed E-state index contributed by atoms with van der Waals surface area (Å²) in [4.78, 5) is 11.4. The molecule has 2 heterocycles. The second-order valence-corrected chi connectivity index (χ2v) is 10.1. The highest BCUT2D eigenvalue weighted by molar-refractivity contribution is 5.81. The number of aromatic nitrogens is 2. The fraction of sp³-hybridized carbons (Fsp3) is 0.394. The van der Waals surface area contributed by atoms with Crippen molar-refractivity contribution in [2.45, 2.75) is 52.4 Å². The molecule has 3 rings (SSSR count). The van der Waals surface area contributed by atoms with Crippen LogP contribution in [0.1, 0.15) is 63.5 Å². The summed E-state index contributed by atoms with van der Waals surface area (Å²) in [7, 11) is 1.88. The lowest BCUT2D eigenvalue weighted by molar-refractivity contribution is 0.248. The van der Waals surface area contributed by atoms with Gasteiger partial charge < -0.3 is 16.0 Å². The summed E-state index contributed by atoms with van der Waals surface area (Å²) in [5.74, 6) is 1.66. The number of piperidine rings is 1. The Labute approximate surface area is 235 Å². The van der Waals surface area contributed by atoms with Gasteiger partial charge in [0.15, 0.2) is 0 Å². The third-order valence-electron chi connectivity index (χ3n) is 6.91. The van der Waals surface area contributed by atoms with Gasteiger partial charge >= 0.3 is 0 Å². The van der Waals surface area contributed by atoms with Gasteiger partial charge in [-0.1, -0.05) is 75.8 Å². The zero-order chi connectivity index (χ0) is 27.9. The zero-order valence-electron chi connectivity index (χ0n) is 24.1. The van der Waals surface area contributed by atoms with E-state index in [1.807, 2.05) is 13.1 Å². The summed E-state index contributed by atoms with van der Waals surface area (Å²) in [5, 5.41) is 10.1. The lowest BCUT2D eigenvalue weighted by atomic mass is 10.1. The van der Waals surface area contributed by atoms with E-state index < -0.39 is 0 Å². The summed E-state index contributed by atoms with van der Waals surface area (Å²) in [5.41, 5.74) is 6.34. The monoisotopic (exact) mass is 526 g/mol. The molecule has 0 saturated carbocycles. The molecule has 1 fully saturated rings. The molecule has 0 aliphatic carbocycles. The molecular formula is C33H46N6. The number of rotatable bonds is 15. The second-order valence-electron chi connectivity index (χ2n) is 10.1. The van der Waals surface area contributed by atoms with Crippen LogP contribution >= 0.6 is 0 Å². The van der Waals surface area contributed by atoms with Crippen LogP contribution in [-0.2, 0) is 0 Å². The van der Waals surface area contributed by atoms with Crippen molar-refractivity contribution < 1.29 is 0 Å². The van der Waals surface area contributed by atoms with Gasteiger partial charge in [-0.25, -0.2) is 9.97 Å². The van der Waals surface area contributed by atoms with Crippen molar-refractivity contribution in [2.24, 2.45) is 0 Å². The zero-order valence-corrected chi connectivity index (χ0v) is 24.1. The minimum atomic E-state index is 0.807. The number of nitrogens with one attached hydrogen (secondary N) is 3. The van der Waals surface area contributed by atoms with Gasteiger partial charge in [0.1, 0.15) is 18.0 Å². The van der Waals surface area contributed by atoms with Gasteiger partial charge in [-0.05, 0) is 74.2 Å². The first-order chi connectivity index (χ1) is 19.0. The number of allylic oxidation sites excluding steroid dienone is 3. The fourth-order valence-electron chi connectivity index (χ4n) is 4.64. The molecule has 1 aliphatic heterocycles. The minimum absolute atomic E-state index is 0.807. The van der Waals surface area contributed by atoms with Gasteiger partial charge in [-0.2, -0.15) is 0 Å². The number of nitrogens with zero attached hydrogens (tertiary/aromatic N) is 3. The van der Waals surface area contributed by atoms with Crippen LogP contribution in [-0.4, -0.2) is 48.1 Å². The average molecular weight is 527 g/mol. The molecule has 39 heavy (non-hydrogen) atoms. The Morgan fingerprint density at radius 2 is 1.77 bits per heavy atom. The van der Waals surface area contributed by atoms with Gasteiger partial charge in [-0.3, -0.25) is 4.90 Å². The molecule has 6 heteroatoms. The number of benzene rings is 1. The van der Waals surface area contributed by atoms with E-state index in [1.54, 1.807) is 6.33 Å². The molecule has 3 N–H and O–H groups in total. The predicted molar refractivity (Wildman–Crippen MR) is 170 cm³/mol. The number of hydrogen-bond acceptors (Lipinski definition) is 6. The summed E-state index contributed by atoms with van der Waals surface area (Å²) in [6, 6.07) is 8.36. The first kappa shape index (κ1) is 29.9. The average Bonchev–Trinajstić information content (AvgIpc) is 2.95. The van der Waals surface area contributed by atoms with E-state index in [-0.39, 0.29) is 0 Å². The van der Waals surface area contributed by atoms with Crippen LogP contribution in [0.5, 0.6) is 0 Å². The molecule has 208 valence electrons. The molecular weight excluding hydrogens is 480 g/mol. The topological polar surface area (TPSA) is 65.1 Å². The molecule has 0 unspecified atom stereocenters. The van der Waals surface area contributed by atoms with Gasteiger partial charge in [0.05, 0.1) is 5.56 Å². The van der Waals surface area contributed by atoms with Crippen LogP contribution < -0.4 is 16.0 Å². The van der Waals surface area contributed by atoms with Gasteiger partial charge in [0, 0.05) is 31.5 Å². The highest BCUT2D eigenvalue weighted by Crippen LogP contribution is 2.24. The van der Waals surface area contributed by atoms with Crippen LogP contribution in [0.3, 0.4) is 0 Å². The normalized spacial score (nSPS) is 14.8.